The van der Waals surface area contributed by atoms with E-state index in [9.17, 15) is 14.7 Å². The number of rotatable bonds is 8. The summed E-state index contributed by atoms with van der Waals surface area (Å²) in [7, 11) is 0. The van der Waals surface area contributed by atoms with Crippen molar-refractivity contribution in [1.29, 1.82) is 0 Å². The molecule has 1 aromatic rings. The predicted octanol–water partition coefficient (Wildman–Crippen LogP) is 5.46. The first-order valence-electron chi connectivity index (χ1n) is 13.1. The van der Waals surface area contributed by atoms with Crippen molar-refractivity contribution in [3.05, 3.63) is 29.1 Å². The van der Waals surface area contributed by atoms with Crippen LogP contribution in [0.15, 0.2) is 12.1 Å². The fourth-order valence-electron chi connectivity index (χ4n) is 8.27. The summed E-state index contributed by atoms with van der Waals surface area (Å²) in [5.41, 5.74) is 1.32. The van der Waals surface area contributed by atoms with E-state index in [2.05, 4.69) is 0 Å². The zero-order valence-electron chi connectivity index (χ0n) is 19.4. The molecule has 2 atom stereocenters. The smallest absolute Gasteiger partial charge is 0.169 e. The van der Waals surface area contributed by atoms with Crippen molar-refractivity contribution in [2.75, 3.05) is 13.2 Å². The molecule has 4 nitrogen and oxygen atoms in total. The molecule has 0 heterocycles. The van der Waals surface area contributed by atoms with Crippen molar-refractivity contribution >= 4 is 11.6 Å². The molecule has 1 aromatic carbocycles. The monoisotopic (exact) mass is 454 g/mol. The summed E-state index contributed by atoms with van der Waals surface area (Å²) in [4.78, 5) is 25.4. The van der Waals surface area contributed by atoms with Crippen LogP contribution in [-0.4, -0.2) is 29.9 Å². The van der Waals surface area contributed by atoms with Crippen LogP contribution in [0.1, 0.15) is 92.5 Å². The van der Waals surface area contributed by atoms with E-state index in [4.69, 9.17) is 4.74 Å². The lowest BCUT2D eigenvalue weighted by Gasteiger charge is -2.56. The Bertz CT molecular complexity index is 930. The van der Waals surface area contributed by atoms with Crippen molar-refractivity contribution in [3.8, 4) is 5.75 Å². The van der Waals surface area contributed by atoms with Crippen LogP contribution in [0.25, 0.3) is 0 Å². The van der Waals surface area contributed by atoms with Gasteiger partial charge in [-0.3, -0.25) is 9.59 Å². The normalized spacial score (nSPS) is 36.8. The van der Waals surface area contributed by atoms with Crippen molar-refractivity contribution in [2.45, 2.75) is 76.5 Å². The maximum atomic E-state index is 15.3. The first-order valence-corrected chi connectivity index (χ1v) is 13.1. The van der Waals surface area contributed by atoms with Gasteiger partial charge in [-0.2, -0.15) is 0 Å². The van der Waals surface area contributed by atoms with E-state index >= 15 is 4.39 Å². The van der Waals surface area contributed by atoms with E-state index in [1.807, 2.05) is 0 Å². The molecular weight excluding hydrogens is 419 g/mol. The minimum absolute atomic E-state index is 0.0988. The van der Waals surface area contributed by atoms with Gasteiger partial charge in [-0.25, -0.2) is 4.39 Å². The summed E-state index contributed by atoms with van der Waals surface area (Å²) in [6, 6.07) is 3.17. The molecular formula is C28H35FO4. The molecule has 0 amide bonds. The minimum Gasteiger partial charge on any atom is -0.493 e. The molecule has 7 rings (SSSR count). The zero-order chi connectivity index (χ0) is 22.7. The van der Waals surface area contributed by atoms with Crippen LogP contribution in [0.5, 0.6) is 5.75 Å². The third-order valence-corrected chi connectivity index (χ3v) is 9.50. The number of ether oxygens (including phenoxy) is 1. The van der Waals surface area contributed by atoms with Crippen LogP contribution >= 0.6 is 0 Å². The molecule has 0 unspecified atom stereocenters. The van der Waals surface area contributed by atoms with Crippen LogP contribution in [0.3, 0.4) is 0 Å². The lowest BCUT2D eigenvalue weighted by molar-refractivity contribution is -0.126. The van der Waals surface area contributed by atoms with Crippen LogP contribution < -0.4 is 4.74 Å². The molecule has 6 aliphatic rings. The highest BCUT2D eigenvalue weighted by Crippen LogP contribution is 2.60. The van der Waals surface area contributed by atoms with E-state index in [-0.39, 0.29) is 22.5 Å². The first-order chi connectivity index (χ1) is 15.9. The number of benzene rings is 1. The standard InChI is InChI=1S/C28H35FO4/c29-24-10-26(33-15-28-11-16-6-17(12-28)8-18(7-16)13-28)22(19-4-5-19)9-23(24)27(32)21-3-1-2-20(21)25(31)14-30/h9-10,16-21,30H,1-8,11-15H2/t16?,17?,18?,20-,21-,28?/m1/s1. The van der Waals surface area contributed by atoms with Crippen molar-refractivity contribution < 1.29 is 23.8 Å². The lowest BCUT2D eigenvalue weighted by Crippen LogP contribution is -2.48. The van der Waals surface area contributed by atoms with Gasteiger partial charge in [0.15, 0.2) is 11.6 Å². The maximum Gasteiger partial charge on any atom is 0.169 e. The number of Topliss-reactive ketones (excluding diaryl/α,β-unsaturated/α-hetero) is 2. The Labute approximate surface area is 195 Å². The number of carbonyl (C=O) groups is 2. The van der Waals surface area contributed by atoms with Crippen molar-refractivity contribution in [1.82, 2.24) is 0 Å². The highest BCUT2D eigenvalue weighted by molar-refractivity contribution is 6.01. The molecule has 0 aliphatic heterocycles. The van der Waals surface area contributed by atoms with Gasteiger partial charge in [0, 0.05) is 23.3 Å². The van der Waals surface area contributed by atoms with Gasteiger partial charge in [0.05, 0.1) is 12.2 Å². The molecule has 4 bridgehead atoms. The number of hydrogen-bond acceptors (Lipinski definition) is 4. The number of carbonyl (C=O) groups excluding carboxylic acids is 2. The van der Waals surface area contributed by atoms with E-state index in [1.165, 1.54) is 44.6 Å². The van der Waals surface area contributed by atoms with E-state index in [0.29, 0.717) is 31.1 Å². The van der Waals surface area contributed by atoms with E-state index in [0.717, 1.165) is 42.6 Å². The number of hydrogen-bond donors (Lipinski definition) is 1. The molecule has 0 radical (unpaired) electrons. The summed E-state index contributed by atoms with van der Waals surface area (Å²) in [5.74, 6) is 1.37. The number of aliphatic hydroxyl groups excluding tert-OH is 1. The minimum atomic E-state index is -0.554. The quantitative estimate of drug-likeness (QED) is 0.530. The van der Waals surface area contributed by atoms with Crippen LogP contribution in [-0.2, 0) is 4.79 Å². The second-order valence-corrected chi connectivity index (χ2v) is 12.0. The Morgan fingerprint density at radius 1 is 0.970 bits per heavy atom. The summed E-state index contributed by atoms with van der Waals surface area (Å²) < 4.78 is 21.7. The van der Waals surface area contributed by atoms with Crippen molar-refractivity contribution in [2.24, 2.45) is 35.0 Å². The topological polar surface area (TPSA) is 63.6 Å². The second kappa shape index (κ2) is 8.18. The van der Waals surface area contributed by atoms with Gasteiger partial charge in [0.25, 0.3) is 0 Å². The molecule has 6 aliphatic carbocycles. The second-order valence-electron chi connectivity index (χ2n) is 12.0. The average molecular weight is 455 g/mol. The number of ketones is 2. The molecule has 6 fully saturated rings. The van der Waals surface area contributed by atoms with Gasteiger partial charge in [-0.1, -0.05) is 6.42 Å². The number of aliphatic hydroxyl groups is 1. The molecule has 0 saturated heterocycles. The molecule has 6 saturated carbocycles. The van der Waals surface area contributed by atoms with Crippen LogP contribution in [0.2, 0.25) is 0 Å². The van der Waals surface area contributed by atoms with Gasteiger partial charge >= 0.3 is 0 Å². The van der Waals surface area contributed by atoms with Gasteiger partial charge in [0.2, 0.25) is 0 Å². The highest BCUT2D eigenvalue weighted by atomic mass is 19.1. The Hall–Kier alpha value is -1.75. The Morgan fingerprint density at radius 2 is 1.61 bits per heavy atom. The van der Waals surface area contributed by atoms with Gasteiger partial charge < -0.3 is 9.84 Å². The molecule has 1 N–H and O–H groups in total. The summed E-state index contributed by atoms with van der Waals surface area (Å²) in [6.45, 7) is 0.111. The Kier molecular flexibility index (Phi) is 5.39. The van der Waals surface area contributed by atoms with Gasteiger partial charge in [-0.15, -0.1) is 0 Å². The Morgan fingerprint density at radius 3 is 2.21 bits per heavy atom. The molecule has 178 valence electrons. The summed E-state index contributed by atoms with van der Waals surface area (Å²) in [6.07, 6.45) is 11.9. The summed E-state index contributed by atoms with van der Waals surface area (Å²) in [5, 5.41) is 9.28. The van der Waals surface area contributed by atoms with Gasteiger partial charge in [-0.05, 0) is 99.5 Å². The largest absolute Gasteiger partial charge is 0.493 e. The molecule has 0 spiro atoms. The zero-order valence-corrected chi connectivity index (χ0v) is 19.4. The fourth-order valence-corrected chi connectivity index (χ4v) is 8.27. The average Bonchev–Trinajstić information content (AvgIpc) is 3.51. The lowest BCUT2D eigenvalue weighted by atomic mass is 9.50. The van der Waals surface area contributed by atoms with E-state index in [1.54, 1.807) is 6.07 Å². The molecule has 33 heavy (non-hydrogen) atoms. The third kappa shape index (κ3) is 3.94. The van der Waals surface area contributed by atoms with Crippen LogP contribution in [0, 0.1) is 40.8 Å². The van der Waals surface area contributed by atoms with Crippen molar-refractivity contribution in [3.63, 3.8) is 0 Å². The number of halogens is 1. The maximum absolute atomic E-state index is 15.3. The van der Waals surface area contributed by atoms with E-state index < -0.39 is 24.3 Å². The third-order valence-electron chi connectivity index (χ3n) is 9.50. The molecule has 0 aromatic heterocycles. The van der Waals surface area contributed by atoms with Gasteiger partial charge in [0.1, 0.15) is 18.2 Å². The van der Waals surface area contributed by atoms with Crippen LogP contribution in [0.4, 0.5) is 4.39 Å². The SMILES string of the molecule is O=C(CO)[C@@H]1CCC[C@H]1C(=O)c1cc(C2CC2)c(OCC23CC4CC(CC(C4)C2)C3)cc1F. The Balaban J connectivity index is 1.23. The summed E-state index contributed by atoms with van der Waals surface area (Å²) >= 11 is 0. The predicted molar refractivity (Wildman–Crippen MR) is 122 cm³/mol. The highest BCUT2D eigenvalue weighted by Gasteiger charge is 2.51. The first kappa shape index (κ1) is 21.8. The molecule has 5 heteroatoms. The fraction of sp³-hybridized carbons (Fsp3) is 0.714.